The van der Waals surface area contributed by atoms with E-state index in [9.17, 15) is 24.9 Å². The molecule has 9 atom stereocenters. The number of allylic oxidation sites excluding steroid dienone is 2. The summed E-state index contributed by atoms with van der Waals surface area (Å²) in [6.45, 7) is 13.5. The molecule has 4 saturated carbocycles. The fourth-order valence-corrected chi connectivity index (χ4v) is 11.4. The molecule has 43 heavy (non-hydrogen) atoms. The number of hydrogen-bond acceptors (Lipinski definition) is 6. The molecule has 4 fully saturated rings. The SMILES string of the molecule is CC1(C)CCC2(C(=O)O)CC=C3C(C)(CCC4C3(C)CCC3C(C)(OC(=O)Oc5ccc(O)cc5)CCC(O)C34C)C2C1. The number of carboxylic acid groups (broad SMARTS) is 1. The van der Waals surface area contributed by atoms with Crippen molar-refractivity contribution in [1.29, 1.82) is 0 Å². The number of benzene rings is 1. The molecule has 5 aliphatic carbocycles. The van der Waals surface area contributed by atoms with Gasteiger partial charge in [-0.15, -0.1) is 0 Å². The average molecular weight is 595 g/mol. The van der Waals surface area contributed by atoms with Crippen molar-refractivity contribution in [2.24, 2.45) is 44.8 Å². The van der Waals surface area contributed by atoms with E-state index in [1.807, 2.05) is 6.92 Å². The Kier molecular flexibility index (Phi) is 6.90. The highest BCUT2D eigenvalue weighted by atomic mass is 16.7. The third-order valence-electron chi connectivity index (χ3n) is 13.7. The minimum atomic E-state index is -0.795. The van der Waals surface area contributed by atoms with Gasteiger partial charge in [-0.05, 0) is 123 Å². The molecule has 0 radical (unpaired) electrons. The smallest absolute Gasteiger partial charge is 0.508 e. The Morgan fingerprint density at radius 1 is 0.814 bits per heavy atom. The summed E-state index contributed by atoms with van der Waals surface area (Å²) in [7, 11) is 0. The number of phenols is 1. The van der Waals surface area contributed by atoms with Crippen LogP contribution >= 0.6 is 0 Å². The van der Waals surface area contributed by atoms with E-state index in [4.69, 9.17) is 9.47 Å². The number of fused-ring (bicyclic) bond motifs is 7. The summed E-state index contributed by atoms with van der Waals surface area (Å²) in [6, 6.07) is 5.99. The molecule has 0 amide bonds. The van der Waals surface area contributed by atoms with Crippen molar-refractivity contribution >= 4 is 12.1 Å². The van der Waals surface area contributed by atoms with E-state index in [0.717, 1.165) is 44.9 Å². The lowest BCUT2D eigenvalue weighted by Crippen LogP contribution is -2.67. The average Bonchev–Trinajstić information content (AvgIpc) is 2.92. The number of carbonyl (C=O) groups is 2. The zero-order valence-electron chi connectivity index (χ0n) is 26.7. The van der Waals surface area contributed by atoms with Crippen LogP contribution in [0.15, 0.2) is 35.9 Å². The Morgan fingerprint density at radius 2 is 1.44 bits per heavy atom. The van der Waals surface area contributed by atoms with Gasteiger partial charge in [-0.1, -0.05) is 46.3 Å². The maximum atomic E-state index is 13.1. The summed E-state index contributed by atoms with van der Waals surface area (Å²) in [4.78, 5) is 26.0. The number of phenolic OH excluding ortho intramolecular Hbond substituents is 1. The molecule has 5 aliphatic rings. The Morgan fingerprint density at radius 3 is 2.09 bits per heavy atom. The third-order valence-corrected chi connectivity index (χ3v) is 13.7. The number of rotatable bonds is 3. The summed E-state index contributed by atoms with van der Waals surface area (Å²) >= 11 is 0. The molecule has 9 unspecified atom stereocenters. The van der Waals surface area contributed by atoms with Crippen LogP contribution in [-0.4, -0.2) is 39.1 Å². The quantitative estimate of drug-likeness (QED) is 0.185. The second-order valence-corrected chi connectivity index (χ2v) is 16.4. The Hall–Kier alpha value is -2.54. The van der Waals surface area contributed by atoms with Gasteiger partial charge in [0.25, 0.3) is 0 Å². The minimum absolute atomic E-state index is 0.0468. The van der Waals surface area contributed by atoms with Gasteiger partial charge in [0.2, 0.25) is 0 Å². The number of carbonyl (C=O) groups excluding carboxylic acids is 1. The number of aromatic hydroxyl groups is 1. The maximum absolute atomic E-state index is 13.1. The lowest BCUT2D eigenvalue weighted by Gasteiger charge is -2.70. The van der Waals surface area contributed by atoms with Gasteiger partial charge < -0.3 is 24.8 Å². The van der Waals surface area contributed by atoms with Crippen molar-refractivity contribution in [3.05, 3.63) is 35.9 Å². The lowest BCUT2D eigenvalue weighted by atomic mass is 9.35. The Labute approximate surface area is 256 Å². The first-order valence-corrected chi connectivity index (χ1v) is 16.3. The second kappa shape index (κ2) is 9.73. The molecule has 0 aliphatic heterocycles. The fraction of sp³-hybridized carbons (Fsp3) is 0.722. The minimum Gasteiger partial charge on any atom is -0.508 e. The van der Waals surface area contributed by atoms with Crippen molar-refractivity contribution in [2.45, 2.75) is 117 Å². The highest BCUT2D eigenvalue weighted by Crippen LogP contribution is 2.74. The number of hydrogen-bond donors (Lipinski definition) is 3. The van der Waals surface area contributed by atoms with Crippen LogP contribution in [0.2, 0.25) is 0 Å². The summed E-state index contributed by atoms with van der Waals surface area (Å²) in [5.41, 5.74) is -0.809. The summed E-state index contributed by atoms with van der Waals surface area (Å²) in [5.74, 6) is -0.0213. The van der Waals surface area contributed by atoms with E-state index in [1.54, 1.807) is 0 Å². The molecule has 0 saturated heterocycles. The molecule has 6 rings (SSSR count). The van der Waals surface area contributed by atoms with Crippen LogP contribution in [0.4, 0.5) is 4.79 Å². The number of aliphatic carboxylic acids is 1. The van der Waals surface area contributed by atoms with E-state index >= 15 is 0 Å². The largest absolute Gasteiger partial charge is 0.514 e. The first kappa shape index (κ1) is 30.5. The number of carboxylic acids is 1. The zero-order chi connectivity index (χ0) is 31.2. The van der Waals surface area contributed by atoms with Gasteiger partial charge in [0, 0.05) is 11.3 Å². The van der Waals surface area contributed by atoms with Gasteiger partial charge in [0.05, 0.1) is 11.5 Å². The molecule has 3 N–H and O–H groups in total. The molecule has 1 aromatic rings. The van der Waals surface area contributed by atoms with Crippen molar-refractivity contribution in [3.8, 4) is 11.5 Å². The van der Waals surface area contributed by atoms with E-state index in [1.165, 1.54) is 29.8 Å². The predicted octanol–water partition coefficient (Wildman–Crippen LogP) is 7.89. The van der Waals surface area contributed by atoms with Crippen LogP contribution in [-0.2, 0) is 9.53 Å². The molecule has 0 aromatic heterocycles. The maximum Gasteiger partial charge on any atom is 0.514 e. The second-order valence-electron chi connectivity index (χ2n) is 16.4. The Balaban J connectivity index is 1.32. The van der Waals surface area contributed by atoms with Gasteiger partial charge in [-0.3, -0.25) is 4.79 Å². The molecule has 236 valence electrons. The highest BCUT2D eigenvalue weighted by molar-refractivity contribution is 5.76. The highest BCUT2D eigenvalue weighted by Gasteiger charge is 2.70. The third kappa shape index (κ3) is 4.38. The van der Waals surface area contributed by atoms with Crippen molar-refractivity contribution in [3.63, 3.8) is 0 Å². The van der Waals surface area contributed by atoms with Crippen molar-refractivity contribution < 1.29 is 34.4 Å². The van der Waals surface area contributed by atoms with Crippen LogP contribution in [0.3, 0.4) is 0 Å². The topological polar surface area (TPSA) is 113 Å². The first-order valence-electron chi connectivity index (χ1n) is 16.3. The molecular weight excluding hydrogens is 544 g/mol. The Bertz CT molecular complexity index is 1330. The fourth-order valence-electron chi connectivity index (χ4n) is 11.4. The van der Waals surface area contributed by atoms with Crippen molar-refractivity contribution in [2.75, 3.05) is 0 Å². The van der Waals surface area contributed by atoms with E-state index < -0.39 is 34.7 Å². The van der Waals surface area contributed by atoms with Gasteiger partial charge in [-0.25, -0.2) is 4.79 Å². The molecular formula is C36H50O7. The van der Waals surface area contributed by atoms with Crippen LogP contribution in [0.5, 0.6) is 11.5 Å². The molecule has 1 aromatic carbocycles. The monoisotopic (exact) mass is 594 g/mol. The van der Waals surface area contributed by atoms with E-state index in [-0.39, 0.29) is 39.7 Å². The van der Waals surface area contributed by atoms with Crippen LogP contribution in [0.25, 0.3) is 0 Å². The van der Waals surface area contributed by atoms with Gasteiger partial charge in [0.15, 0.2) is 0 Å². The van der Waals surface area contributed by atoms with Crippen LogP contribution < -0.4 is 4.74 Å². The molecule has 0 spiro atoms. The zero-order valence-corrected chi connectivity index (χ0v) is 26.7. The predicted molar refractivity (Wildman–Crippen MR) is 163 cm³/mol. The van der Waals surface area contributed by atoms with E-state index in [0.29, 0.717) is 25.0 Å². The van der Waals surface area contributed by atoms with Gasteiger partial charge in [0.1, 0.15) is 17.1 Å². The van der Waals surface area contributed by atoms with E-state index in [2.05, 4.69) is 40.7 Å². The van der Waals surface area contributed by atoms with Crippen LogP contribution in [0.1, 0.15) is 106 Å². The number of aliphatic hydroxyl groups excluding tert-OH is 1. The van der Waals surface area contributed by atoms with Crippen molar-refractivity contribution in [1.82, 2.24) is 0 Å². The normalized spacial score (nSPS) is 44.9. The number of aliphatic hydroxyl groups is 1. The standard InChI is InChI=1S/C36H50O7/c1-31(2)19-20-36(29(39)40)18-13-24-32(3)16-12-26-34(5,43-30(41)42-23-9-7-22(37)8-10-23)17-14-28(38)35(26,6)25(32)11-15-33(24,4)27(36)21-31/h7-10,13,25-28,37-38H,11-12,14-21H2,1-6H3,(H,39,40). The first-order chi connectivity index (χ1) is 20.0. The van der Waals surface area contributed by atoms with Gasteiger partial charge in [-0.2, -0.15) is 0 Å². The van der Waals surface area contributed by atoms with Gasteiger partial charge >= 0.3 is 12.1 Å². The van der Waals surface area contributed by atoms with Crippen LogP contribution in [0, 0.1) is 44.8 Å². The molecule has 7 heteroatoms. The summed E-state index contributed by atoms with van der Waals surface area (Å²) in [5, 5.41) is 32.0. The summed E-state index contributed by atoms with van der Waals surface area (Å²) in [6.07, 6.45) is 8.84. The number of ether oxygens (including phenoxy) is 2. The summed E-state index contributed by atoms with van der Waals surface area (Å²) < 4.78 is 11.6. The lowest BCUT2D eigenvalue weighted by molar-refractivity contribution is -0.227. The molecule has 0 heterocycles. The molecule has 7 nitrogen and oxygen atoms in total. The molecule has 0 bridgehead atoms.